The molecule has 0 aromatic rings. The van der Waals surface area contributed by atoms with E-state index in [1.165, 1.54) is 0 Å². The lowest BCUT2D eigenvalue weighted by molar-refractivity contribution is -0.158. The van der Waals surface area contributed by atoms with Crippen LogP contribution in [0.3, 0.4) is 0 Å². The monoisotopic (exact) mass is 478 g/mol. The molecule has 4 aliphatic rings. The number of ether oxygens (including phenoxy) is 2. The van der Waals surface area contributed by atoms with Gasteiger partial charge >= 0.3 is 11.9 Å². The van der Waals surface area contributed by atoms with Gasteiger partial charge in [0.1, 0.15) is 11.2 Å². The molecular weight excluding hydrogens is 436 g/mol. The molecule has 0 heterocycles. The second-order valence-electron chi connectivity index (χ2n) is 11.2. The zero-order chi connectivity index (χ0) is 25.4. The second kappa shape index (κ2) is 9.59. The van der Waals surface area contributed by atoms with Crippen molar-refractivity contribution in [2.45, 2.75) is 91.3 Å². The van der Waals surface area contributed by atoms with Crippen LogP contribution in [-0.4, -0.2) is 23.1 Å². The molecule has 6 atom stereocenters. The Hall–Kier alpha value is -2.36. The third-order valence-corrected chi connectivity index (χ3v) is 9.44. The molecule has 190 valence electrons. The van der Waals surface area contributed by atoms with Crippen LogP contribution in [0.25, 0.3) is 0 Å². The molecule has 2 bridgehead atoms. The summed E-state index contributed by atoms with van der Waals surface area (Å²) in [4.78, 5) is 27.8. The lowest BCUT2D eigenvalue weighted by atomic mass is 9.78. The Kier molecular flexibility index (Phi) is 7.05. The van der Waals surface area contributed by atoms with Crippen LogP contribution in [0.15, 0.2) is 59.8 Å². The summed E-state index contributed by atoms with van der Waals surface area (Å²) in [5.41, 5.74) is -0.388. The summed E-state index contributed by atoms with van der Waals surface area (Å²) in [6.07, 6.45) is 21.2. The molecule has 1 fully saturated rings. The Morgan fingerprint density at radius 3 is 1.49 bits per heavy atom. The molecule has 4 heteroatoms. The van der Waals surface area contributed by atoms with Crippen LogP contribution < -0.4 is 0 Å². The minimum atomic E-state index is -0.677. The number of hydrogen-bond donors (Lipinski definition) is 0. The van der Waals surface area contributed by atoms with Gasteiger partial charge in [0.2, 0.25) is 0 Å². The van der Waals surface area contributed by atoms with E-state index in [0.29, 0.717) is 24.0 Å². The minimum absolute atomic E-state index is 0.0148. The van der Waals surface area contributed by atoms with Crippen LogP contribution in [0.4, 0.5) is 0 Å². The molecule has 4 aliphatic carbocycles. The molecule has 0 saturated heterocycles. The Bertz CT molecular complexity index is 931. The van der Waals surface area contributed by atoms with Gasteiger partial charge < -0.3 is 9.47 Å². The van der Waals surface area contributed by atoms with Gasteiger partial charge in [-0.15, -0.1) is 0 Å². The summed E-state index contributed by atoms with van der Waals surface area (Å²) in [6.45, 7) is 12.7. The summed E-state index contributed by atoms with van der Waals surface area (Å²) in [5, 5.41) is 0. The van der Waals surface area contributed by atoms with E-state index >= 15 is 0 Å². The molecule has 0 spiro atoms. The van der Waals surface area contributed by atoms with Gasteiger partial charge in [0.15, 0.2) is 0 Å². The zero-order valence-corrected chi connectivity index (χ0v) is 22.3. The maximum atomic E-state index is 13.9. The molecule has 0 aromatic carbocycles. The molecule has 4 rings (SSSR count). The Labute approximate surface area is 211 Å². The van der Waals surface area contributed by atoms with E-state index < -0.39 is 11.2 Å². The van der Waals surface area contributed by atoms with Crippen molar-refractivity contribution >= 4 is 11.9 Å². The molecular formula is C31H42O4. The quantitative estimate of drug-likeness (QED) is 0.351. The largest absolute Gasteiger partial charge is 0.451 e. The van der Waals surface area contributed by atoms with E-state index in [9.17, 15) is 9.59 Å². The number of esters is 2. The molecule has 35 heavy (non-hydrogen) atoms. The van der Waals surface area contributed by atoms with Crippen LogP contribution in [0.1, 0.15) is 80.1 Å². The van der Waals surface area contributed by atoms with Crippen molar-refractivity contribution in [3.63, 3.8) is 0 Å². The van der Waals surface area contributed by atoms with Gasteiger partial charge in [-0.25, -0.2) is 9.59 Å². The molecule has 4 nitrogen and oxygen atoms in total. The van der Waals surface area contributed by atoms with Crippen LogP contribution >= 0.6 is 0 Å². The smallest absolute Gasteiger partial charge is 0.335 e. The SMILES string of the molecule is CCC1C=CC=CC1(CC)OC(=O)C1=C(C(=O)OC2(CC)C=CC=CC2CC)C2CCC1C2(C)C. The number of allylic oxidation sites excluding steroid dienone is 4. The first-order chi connectivity index (χ1) is 16.7. The van der Waals surface area contributed by atoms with Gasteiger partial charge in [0.05, 0.1) is 11.1 Å². The van der Waals surface area contributed by atoms with Gasteiger partial charge in [0, 0.05) is 11.8 Å². The van der Waals surface area contributed by atoms with Crippen molar-refractivity contribution in [1.82, 2.24) is 0 Å². The highest BCUT2D eigenvalue weighted by Gasteiger charge is 2.58. The Morgan fingerprint density at radius 2 is 1.14 bits per heavy atom. The van der Waals surface area contributed by atoms with E-state index in [-0.39, 0.29) is 41.0 Å². The van der Waals surface area contributed by atoms with E-state index in [0.717, 1.165) is 25.7 Å². The van der Waals surface area contributed by atoms with Gasteiger partial charge in [-0.05, 0) is 67.9 Å². The second-order valence-corrected chi connectivity index (χ2v) is 11.2. The molecule has 0 aliphatic heterocycles. The van der Waals surface area contributed by atoms with Gasteiger partial charge in [-0.2, -0.15) is 0 Å². The molecule has 1 saturated carbocycles. The van der Waals surface area contributed by atoms with Crippen molar-refractivity contribution in [3.8, 4) is 0 Å². The fourth-order valence-electron chi connectivity index (χ4n) is 7.18. The van der Waals surface area contributed by atoms with Gasteiger partial charge in [-0.1, -0.05) is 78.0 Å². The van der Waals surface area contributed by atoms with Crippen LogP contribution in [-0.2, 0) is 19.1 Å². The van der Waals surface area contributed by atoms with E-state index in [1.54, 1.807) is 0 Å². The molecule has 0 aromatic heterocycles. The van der Waals surface area contributed by atoms with Crippen LogP contribution in [0.2, 0.25) is 0 Å². The van der Waals surface area contributed by atoms with Crippen molar-refractivity contribution in [3.05, 3.63) is 59.8 Å². The van der Waals surface area contributed by atoms with E-state index in [2.05, 4.69) is 53.7 Å². The first-order valence-electron chi connectivity index (χ1n) is 13.6. The van der Waals surface area contributed by atoms with Crippen molar-refractivity contribution in [2.75, 3.05) is 0 Å². The summed E-state index contributed by atoms with van der Waals surface area (Å²) < 4.78 is 12.7. The normalized spacial score (nSPS) is 36.6. The Balaban J connectivity index is 1.71. The number of carbonyl (C=O) groups is 2. The summed E-state index contributed by atoms with van der Waals surface area (Å²) >= 11 is 0. The summed E-state index contributed by atoms with van der Waals surface area (Å²) in [6, 6.07) is 0. The highest BCUT2D eigenvalue weighted by atomic mass is 16.6. The standard InChI is InChI=1S/C31H42O4/c1-7-21-15-11-13-19-30(21,9-3)34-27(32)25-23-17-18-24(29(23,5)6)26(25)28(33)35-31(10-4)20-14-12-16-22(31)8-2/h11-16,19-24H,7-10,17-18H2,1-6H3. The third-order valence-electron chi connectivity index (χ3n) is 9.44. The average molecular weight is 479 g/mol. The number of carbonyl (C=O) groups excluding carboxylic acids is 2. The molecule has 0 N–H and O–H groups in total. The number of hydrogen-bond acceptors (Lipinski definition) is 4. The maximum absolute atomic E-state index is 13.9. The Morgan fingerprint density at radius 1 is 0.743 bits per heavy atom. The topological polar surface area (TPSA) is 52.6 Å². The van der Waals surface area contributed by atoms with E-state index in [1.807, 2.05) is 36.5 Å². The highest BCUT2D eigenvalue weighted by molar-refractivity contribution is 6.03. The molecule has 0 radical (unpaired) electrons. The van der Waals surface area contributed by atoms with E-state index in [4.69, 9.17) is 9.47 Å². The minimum Gasteiger partial charge on any atom is -0.451 e. The van der Waals surface area contributed by atoms with Crippen molar-refractivity contribution < 1.29 is 19.1 Å². The maximum Gasteiger partial charge on any atom is 0.335 e. The molecule has 0 amide bonds. The predicted octanol–water partition coefficient (Wildman–Crippen LogP) is 7.04. The van der Waals surface area contributed by atoms with Gasteiger partial charge in [-0.3, -0.25) is 0 Å². The summed E-state index contributed by atoms with van der Waals surface area (Å²) in [5.74, 6) is -0.404. The zero-order valence-electron chi connectivity index (χ0n) is 22.3. The first kappa shape index (κ1) is 25.7. The lowest BCUT2D eigenvalue weighted by Gasteiger charge is -2.38. The van der Waals surface area contributed by atoms with Crippen molar-refractivity contribution in [2.24, 2.45) is 29.1 Å². The average Bonchev–Trinajstić information content (AvgIpc) is 3.28. The number of rotatable bonds is 8. The third kappa shape index (κ3) is 4.07. The van der Waals surface area contributed by atoms with Crippen LogP contribution in [0, 0.1) is 29.1 Å². The molecule has 6 unspecified atom stereocenters. The van der Waals surface area contributed by atoms with Crippen molar-refractivity contribution in [1.29, 1.82) is 0 Å². The highest BCUT2D eigenvalue weighted by Crippen LogP contribution is 2.61. The van der Waals surface area contributed by atoms with Gasteiger partial charge in [0.25, 0.3) is 0 Å². The predicted molar refractivity (Wildman–Crippen MR) is 139 cm³/mol. The lowest BCUT2D eigenvalue weighted by Crippen LogP contribution is -2.42. The van der Waals surface area contributed by atoms with Crippen LogP contribution in [0.5, 0.6) is 0 Å². The fourth-order valence-corrected chi connectivity index (χ4v) is 7.18. The first-order valence-corrected chi connectivity index (χ1v) is 13.6. The fraction of sp³-hybridized carbons (Fsp3) is 0.613. The summed E-state index contributed by atoms with van der Waals surface area (Å²) in [7, 11) is 0. The number of fused-ring (bicyclic) bond motifs is 2.